The van der Waals surface area contributed by atoms with E-state index in [0.29, 0.717) is 31.5 Å². The molecule has 0 fully saturated rings. The van der Waals surface area contributed by atoms with Gasteiger partial charge in [-0.05, 0) is 67.5 Å². The van der Waals surface area contributed by atoms with Gasteiger partial charge in [-0.15, -0.1) is 0 Å². The van der Waals surface area contributed by atoms with Gasteiger partial charge < -0.3 is 9.88 Å². The van der Waals surface area contributed by atoms with Gasteiger partial charge in [-0.25, -0.2) is 0 Å². The monoisotopic (exact) mass is 363 g/mol. The Balaban J connectivity index is 1.63. The van der Waals surface area contributed by atoms with Crippen LogP contribution >= 0.6 is 0 Å². The zero-order chi connectivity index (χ0) is 19.2. The molecule has 2 aromatic heterocycles. The van der Waals surface area contributed by atoms with Crippen LogP contribution in [0.1, 0.15) is 30.0 Å². The average Bonchev–Trinajstić information content (AvgIpc) is 2.67. The molecule has 3 rings (SSSR count). The largest absolute Gasteiger partial charge is 0.343 e. The predicted molar refractivity (Wildman–Crippen MR) is 108 cm³/mol. The van der Waals surface area contributed by atoms with Gasteiger partial charge in [-0.3, -0.25) is 14.6 Å². The lowest BCUT2D eigenvalue weighted by Crippen LogP contribution is -2.33. The Labute approximate surface area is 159 Å². The summed E-state index contributed by atoms with van der Waals surface area (Å²) < 4.78 is 0. The molecule has 5 nitrogen and oxygen atoms in total. The summed E-state index contributed by atoms with van der Waals surface area (Å²) in [5, 5.41) is 0.993. The third-order valence-electron chi connectivity index (χ3n) is 4.84. The Morgan fingerprint density at radius 1 is 1.11 bits per heavy atom. The Hall–Kier alpha value is -2.95. The van der Waals surface area contributed by atoms with Gasteiger partial charge in [0, 0.05) is 43.0 Å². The highest BCUT2D eigenvalue weighted by Crippen LogP contribution is 2.14. The number of benzene rings is 1. The van der Waals surface area contributed by atoms with Crippen LogP contribution in [0, 0.1) is 6.92 Å². The first-order valence-electron chi connectivity index (χ1n) is 9.36. The van der Waals surface area contributed by atoms with Gasteiger partial charge in [0.1, 0.15) is 0 Å². The number of pyridine rings is 2. The Kier molecular flexibility index (Phi) is 6.01. The van der Waals surface area contributed by atoms with Crippen molar-refractivity contribution in [3.05, 3.63) is 75.8 Å². The molecule has 1 amide bonds. The summed E-state index contributed by atoms with van der Waals surface area (Å²) in [5.74, 6) is 0.0787. The number of H-pyrrole nitrogens is 1. The van der Waals surface area contributed by atoms with E-state index in [9.17, 15) is 9.59 Å². The molecular weight excluding hydrogens is 338 g/mol. The standard InChI is InChI=1S/C22H25N3O2/c1-3-25(13-10-17-8-11-23-12-9-17)21(26)7-6-19-15-18-5-4-16(2)14-20(18)24-22(19)27/h4-5,8-9,11-12,14-15H,3,6-7,10,13H2,1-2H3,(H,24,27). The molecule has 1 N–H and O–H groups in total. The second-order valence-electron chi connectivity index (χ2n) is 6.79. The molecule has 0 saturated heterocycles. The van der Waals surface area contributed by atoms with Crippen LogP contribution in [0.4, 0.5) is 0 Å². The molecule has 1 aromatic carbocycles. The normalized spacial score (nSPS) is 10.9. The summed E-state index contributed by atoms with van der Waals surface area (Å²) in [4.78, 5) is 33.7. The summed E-state index contributed by atoms with van der Waals surface area (Å²) in [6.07, 6.45) is 5.12. The number of rotatable bonds is 7. The Bertz CT molecular complexity index is 980. The summed E-state index contributed by atoms with van der Waals surface area (Å²) in [7, 11) is 0. The fourth-order valence-electron chi connectivity index (χ4n) is 3.22. The number of hydrogen-bond donors (Lipinski definition) is 1. The average molecular weight is 363 g/mol. The van der Waals surface area contributed by atoms with Crippen LogP contribution in [-0.2, 0) is 17.6 Å². The molecule has 3 aromatic rings. The van der Waals surface area contributed by atoms with Crippen molar-refractivity contribution in [1.29, 1.82) is 0 Å². The molecule has 0 unspecified atom stereocenters. The van der Waals surface area contributed by atoms with E-state index in [1.54, 1.807) is 12.4 Å². The minimum absolute atomic E-state index is 0.0787. The lowest BCUT2D eigenvalue weighted by molar-refractivity contribution is -0.130. The molecular formula is C22H25N3O2. The van der Waals surface area contributed by atoms with Crippen molar-refractivity contribution in [1.82, 2.24) is 14.9 Å². The third kappa shape index (κ3) is 4.82. The van der Waals surface area contributed by atoms with Crippen molar-refractivity contribution in [2.45, 2.75) is 33.1 Å². The minimum Gasteiger partial charge on any atom is -0.343 e. The van der Waals surface area contributed by atoms with Gasteiger partial charge in [0.15, 0.2) is 0 Å². The van der Waals surface area contributed by atoms with Crippen molar-refractivity contribution in [2.75, 3.05) is 13.1 Å². The maximum absolute atomic E-state index is 12.6. The number of likely N-dealkylation sites (N-methyl/N-ethyl adjacent to an activating group) is 1. The van der Waals surface area contributed by atoms with E-state index in [0.717, 1.165) is 28.5 Å². The van der Waals surface area contributed by atoms with E-state index >= 15 is 0 Å². The van der Waals surface area contributed by atoms with Gasteiger partial charge in [0.05, 0.1) is 0 Å². The molecule has 5 heteroatoms. The van der Waals surface area contributed by atoms with Crippen LogP contribution in [0.3, 0.4) is 0 Å². The van der Waals surface area contributed by atoms with Gasteiger partial charge in [0.2, 0.25) is 5.91 Å². The number of amides is 1. The summed E-state index contributed by atoms with van der Waals surface area (Å²) in [5.41, 5.74) is 3.65. The first kappa shape index (κ1) is 18.8. The molecule has 140 valence electrons. The molecule has 0 aliphatic rings. The molecule has 0 radical (unpaired) electrons. The number of aryl methyl sites for hydroxylation is 2. The van der Waals surface area contributed by atoms with Crippen LogP contribution in [0.2, 0.25) is 0 Å². The smallest absolute Gasteiger partial charge is 0.251 e. The van der Waals surface area contributed by atoms with Gasteiger partial charge in [-0.2, -0.15) is 0 Å². The topological polar surface area (TPSA) is 66.1 Å². The fourth-order valence-corrected chi connectivity index (χ4v) is 3.22. The van der Waals surface area contributed by atoms with Crippen LogP contribution in [0.5, 0.6) is 0 Å². The number of nitrogens with zero attached hydrogens (tertiary/aromatic N) is 2. The molecule has 0 atom stereocenters. The van der Waals surface area contributed by atoms with Crippen molar-refractivity contribution >= 4 is 16.8 Å². The van der Waals surface area contributed by atoms with Crippen molar-refractivity contribution in [3.63, 3.8) is 0 Å². The quantitative estimate of drug-likeness (QED) is 0.701. The van der Waals surface area contributed by atoms with E-state index in [-0.39, 0.29) is 11.5 Å². The van der Waals surface area contributed by atoms with E-state index in [1.165, 1.54) is 0 Å². The van der Waals surface area contributed by atoms with Gasteiger partial charge in [0.25, 0.3) is 5.56 Å². The highest BCUT2D eigenvalue weighted by Gasteiger charge is 2.13. The maximum Gasteiger partial charge on any atom is 0.251 e. The molecule has 2 heterocycles. The maximum atomic E-state index is 12.6. The van der Waals surface area contributed by atoms with E-state index in [4.69, 9.17) is 0 Å². The van der Waals surface area contributed by atoms with Crippen LogP contribution < -0.4 is 5.56 Å². The van der Waals surface area contributed by atoms with Crippen molar-refractivity contribution < 1.29 is 4.79 Å². The summed E-state index contributed by atoms with van der Waals surface area (Å²) in [6.45, 7) is 5.31. The van der Waals surface area contributed by atoms with Crippen LogP contribution in [0.25, 0.3) is 10.9 Å². The van der Waals surface area contributed by atoms with Crippen molar-refractivity contribution in [3.8, 4) is 0 Å². The fraction of sp³-hybridized carbons (Fsp3) is 0.318. The Morgan fingerprint density at radius 3 is 2.63 bits per heavy atom. The first-order valence-corrected chi connectivity index (χ1v) is 9.36. The highest BCUT2D eigenvalue weighted by atomic mass is 16.2. The highest BCUT2D eigenvalue weighted by molar-refractivity contribution is 5.80. The zero-order valence-corrected chi connectivity index (χ0v) is 15.9. The number of aromatic amines is 1. The number of hydrogen-bond acceptors (Lipinski definition) is 3. The van der Waals surface area contributed by atoms with Gasteiger partial charge >= 0.3 is 0 Å². The SMILES string of the molecule is CCN(CCc1ccncc1)C(=O)CCc1cc2ccc(C)cc2[nH]c1=O. The second kappa shape index (κ2) is 8.62. The summed E-state index contributed by atoms with van der Waals surface area (Å²) >= 11 is 0. The lowest BCUT2D eigenvalue weighted by Gasteiger charge is -2.21. The molecule has 0 aliphatic carbocycles. The number of carbonyl (C=O) groups is 1. The first-order chi connectivity index (χ1) is 13.1. The molecule has 27 heavy (non-hydrogen) atoms. The van der Waals surface area contributed by atoms with E-state index < -0.39 is 0 Å². The predicted octanol–water partition coefficient (Wildman–Crippen LogP) is 3.26. The van der Waals surface area contributed by atoms with E-state index in [2.05, 4.69) is 9.97 Å². The number of nitrogens with one attached hydrogen (secondary N) is 1. The van der Waals surface area contributed by atoms with Crippen molar-refractivity contribution in [2.24, 2.45) is 0 Å². The zero-order valence-electron chi connectivity index (χ0n) is 15.9. The number of aromatic nitrogens is 2. The summed E-state index contributed by atoms with van der Waals surface area (Å²) in [6, 6.07) is 11.8. The van der Waals surface area contributed by atoms with Gasteiger partial charge in [-0.1, -0.05) is 12.1 Å². The number of carbonyl (C=O) groups excluding carboxylic acids is 1. The molecule has 0 saturated carbocycles. The third-order valence-corrected chi connectivity index (χ3v) is 4.84. The molecule has 0 aliphatic heterocycles. The minimum atomic E-state index is -0.110. The molecule has 0 bridgehead atoms. The second-order valence-corrected chi connectivity index (χ2v) is 6.79. The van der Waals surface area contributed by atoms with E-state index in [1.807, 2.05) is 55.1 Å². The molecule has 0 spiro atoms. The number of fused-ring (bicyclic) bond motifs is 1. The van der Waals surface area contributed by atoms with Crippen LogP contribution in [-0.4, -0.2) is 33.9 Å². The lowest BCUT2D eigenvalue weighted by atomic mass is 10.1. The Morgan fingerprint density at radius 2 is 1.89 bits per heavy atom. The van der Waals surface area contributed by atoms with Crippen LogP contribution in [0.15, 0.2) is 53.6 Å².